The van der Waals surface area contributed by atoms with Crippen LogP contribution in [0.5, 0.6) is 5.75 Å². The van der Waals surface area contributed by atoms with E-state index in [-0.39, 0.29) is 11.3 Å². The van der Waals surface area contributed by atoms with Crippen molar-refractivity contribution >= 4 is 12.4 Å². The molecule has 0 heterocycles. The minimum Gasteiger partial charge on any atom is -0.444 e. The van der Waals surface area contributed by atoms with Crippen molar-refractivity contribution in [3.63, 3.8) is 0 Å². The predicted molar refractivity (Wildman–Crippen MR) is 80.5 cm³/mol. The lowest BCUT2D eigenvalue weighted by molar-refractivity contribution is -0.118. The van der Waals surface area contributed by atoms with Crippen molar-refractivity contribution in [2.75, 3.05) is 7.05 Å². The second-order valence-electron chi connectivity index (χ2n) is 6.18. The second-order valence-corrected chi connectivity index (χ2v) is 6.18. The highest BCUT2D eigenvalue weighted by atomic mass is 19.3. The van der Waals surface area contributed by atoms with E-state index < -0.39 is 23.8 Å². The monoisotopic (exact) mass is 329 g/mol. The van der Waals surface area contributed by atoms with Gasteiger partial charge in [-0.2, -0.15) is 8.78 Å². The van der Waals surface area contributed by atoms with E-state index >= 15 is 0 Å². The van der Waals surface area contributed by atoms with Gasteiger partial charge in [-0.3, -0.25) is 4.90 Å². The zero-order valence-electron chi connectivity index (χ0n) is 13.8. The standard InChI is InChI=1S/C16H21F2NO4/c1-15(2,3)23-14(21)19(5)16(4,10-20)11-8-6-7-9-12(11)22-13(17)18/h6-10,13H,1-5H3. The number of hydrogen-bond donors (Lipinski definition) is 0. The Morgan fingerprint density at radius 2 is 1.78 bits per heavy atom. The molecule has 0 spiro atoms. The van der Waals surface area contributed by atoms with Gasteiger partial charge in [-0.1, -0.05) is 18.2 Å². The zero-order valence-corrected chi connectivity index (χ0v) is 13.8. The second kappa shape index (κ2) is 6.93. The Morgan fingerprint density at radius 1 is 1.22 bits per heavy atom. The molecule has 0 saturated carbocycles. The Bertz CT molecular complexity index is 571. The van der Waals surface area contributed by atoms with E-state index in [4.69, 9.17) is 4.74 Å². The Kier molecular flexibility index (Phi) is 5.69. The van der Waals surface area contributed by atoms with Crippen molar-refractivity contribution in [2.45, 2.75) is 45.4 Å². The highest BCUT2D eigenvalue weighted by Gasteiger charge is 2.39. The molecule has 5 nitrogen and oxygen atoms in total. The van der Waals surface area contributed by atoms with Crippen LogP contribution in [0.25, 0.3) is 0 Å². The summed E-state index contributed by atoms with van der Waals surface area (Å²) >= 11 is 0. The topological polar surface area (TPSA) is 55.8 Å². The fourth-order valence-electron chi connectivity index (χ4n) is 1.93. The Morgan fingerprint density at radius 3 is 2.26 bits per heavy atom. The first-order valence-corrected chi connectivity index (χ1v) is 6.98. The van der Waals surface area contributed by atoms with Crippen molar-refractivity contribution in [2.24, 2.45) is 0 Å². The van der Waals surface area contributed by atoms with Crippen LogP contribution in [0.2, 0.25) is 0 Å². The summed E-state index contributed by atoms with van der Waals surface area (Å²) in [6.07, 6.45) is -0.260. The summed E-state index contributed by atoms with van der Waals surface area (Å²) in [4.78, 5) is 25.0. The Hall–Kier alpha value is -2.18. The number of amides is 1. The molecular formula is C16H21F2NO4. The van der Waals surface area contributed by atoms with E-state index in [1.807, 2.05) is 0 Å². The van der Waals surface area contributed by atoms with Crippen LogP contribution in [0, 0.1) is 0 Å². The molecule has 23 heavy (non-hydrogen) atoms. The molecule has 0 aliphatic carbocycles. The van der Waals surface area contributed by atoms with Gasteiger partial charge < -0.3 is 14.3 Å². The predicted octanol–water partition coefficient (Wildman–Crippen LogP) is 3.57. The molecule has 0 N–H and O–H groups in total. The molecule has 1 atom stereocenters. The van der Waals surface area contributed by atoms with E-state index in [1.165, 1.54) is 32.2 Å². The molecule has 0 aliphatic rings. The molecule has 128 valence electrons. The number of nitrogens with zero attached hydrogens (tertiary/aromatic N) is 1. The van der Waals surface area contributed by atoms with Gasteiger partial charge in [-0.25, -0.2) is 4.79 Å². The lowest BCUT2D eigenvalue weighted by Gasteiger charge is -2.36. The molecule has 1 unspecified atom stereocenters. The van der Waals surface area contributed by atoms with E-state index in [0.717, 1.165) is 4.90 Å². The largest absolute Gasteiger partial charge is 0.444 e. The summed E-state index contributed by atoms with van der Waals surface area (Å²) in [5, 5.41) is 0. The van der Waals surface area contributed by atoms with Gasteiger partial charge in [-0.15, -0.1) is 0 Å². The van der Waals surface area contributed by atoms with Gasteiger partial charge >= 0.3 is 12.7 Å². The first-order valence-electron chi connectivity index (χ1n) is 6.98. The van der Waals surface area contributed by atoms with Gasteiger partial charge in [0.05, 0.1) is 0 Å². The lowest BCUT2D eigenvalue weighted by atomic mass is 9.91. The fourth-order valence-corrected chi connectivity index (χ4v) is 1.93. The average molecular weight is 329 g/mol. The number of ether oxygens (including phenoxy) is 2. The number of alkyl halides is 2. The highest BCUT2D eigenvalue weighted by Crippen LogP contribution is 2.34. The maximum Gasteiger partial charge on any atom is 0.411 e. The Labute approximate surface area is 134 Å². The average Bonchev–Trinajstić information content (AvgIpc) is 2.43. The number of aldehydes is 1. The van der Waals surface area contributed by atoms with Crippen molar-refractivity contribution in [3.8, 4) is 5.75 Å². The molecule has 0 saturated heterocycles. The minimum absolute atomic E-state index is 0.142. The number of carbonyl (C=O) groups excluding carboxylic acids is 2. The first kappa shape index (κ1) is 18.9. The van der Waals surface area contributed by atoms with Gasteiger partial charge in [0.25, 0.3) is 0 Å². The number of rotatable bonds is 5. The molecule has 1 amide bonds. The molecule has 0 aromatic heterocycles. The number of hydrogen-bond acceptors (Lipinski definition) is 4. The third-order valence-corrected chi connectivity index (χ3v) is 3.24. The minimum atomic E-state index is -3.04. The normalized spacial score (nSPS) is 14.1. The number of halogens is 2. The molecule has 1 rings (SSSR count). The SMILES string of the molecule is CN(C(=O)OC(C)(C)C)C(C)(C=O)c1ccccc1OC(F)F. The zero-order chi connectivity index (χ0) is 17.8. The Balaban J connectivity index is 3.24. The number of para-hydroxylation sites is 1. The van der Waals surface area contributed by atoms with E-state index in [1.54, 1.807) is 26.8 Å². The van der Waals surface area contributed by atoms with Crippen LogP contribution in [0.15, 0.2) is 24.3 Å². The van der Waals surface area contributed by atoms with Gasteiger partial charge in [0.15, 0.2) is 0 Å². The van der Waals surface area contributed by atoms with Crippen LogP contribution >= 0.6 is 0 Å². The van der Waals surface area contributed by atoms with Crippen LogP contribution in [0.4, 0.5) is 13.6 Å². The van der Waals surface area contributed by atoms with Crippen molar-refractivity contribution in [3.05, 3.63) is 29.8 Å². The number of carbonyl (C=O) groups is 2. The third kappa shape index (κ3) is 4.64. The van der Waals surface area contributed by atoms with Gasteiger partial charge in [-0.05, 0) is 33.8 Å². The first-order chi connectivity index (χ1) is 10.5. The molecule has 1 aromatic rings. The number of likely N-dealkylation sites (N-methyl/N-ethyl adjacent to an activating group) is 1. The summed E-state index contributed by atoms with van der Waals surface area (Å²) in [6, 6.07) is 5.83. The number of benzene rings is 1. The van der Waals surface area contributed by atoms with Gasteiger partial charge in [0.1, 0.15) is 23.2 Å². The molecule has 0 aliphatic heterocycles. The molecule has 0 bridgehead atoms. The van der Waals surface area contributed by atoms with E-state index in [0.29, 0.717) is 6.29 Å². The summed E-state index contributed by atoms with van der Waals surface area (Å²) in [7, 11) is 1.36. The van der Waals surface area contributed by atoms with Crippen molar-refractivity contribution in [1.29, 1.82) is 0 Å². The molecule has 7 heteroatoms. The molecular weight excluding hydrogens is 308 g/mol. The molecule has 1 aromatic carbocycles. The quantitative estimate of drug-likeness (QED) is 0.775. The van der Waals surface area contributed by atoms with Crippen LogP contribution in [-0.2, 0) is 15.1 Å². The maximum absolute atomic E-state index is 12.6. The summed E-state index contributed by atoms with van der Waals surface area (Å²) in [6.45, 7) is 3.44. The summed E-state index contributed by atoms with van der Waals surface area (Å²) in [5.74, 6) is -0.174. The van der Waals surface area contributed by atoms with E-state index in [9.17, 15) is 18.4 Å². The fraction of sp³-hybridized carbons (Fsp3) is 0.500. The third-order valence-electron chi connectivity index (χ3n) is 3.24. The highest BCUT2D eigenvalue weighted by molar-refractivity contribution is 5.78. The summed E-state index contributed by atoms with van der Waals surface area (Å²) < 4.78 is 34.8. The van der Waals surface area contributed by atoms with Crippen LogP contribution in [0.1, 0.15) is 33.3 Å². The lowest BCUT2D eigenvalue weighted by Crippen LogP contribution is -2.48. The van der Waals surface area contributed by atoms with Gasteiger partial charge in [0.2, 0.25) is 0 Å². The van der Waals surface area contributed by atoms with Crippen molar-refractivity contribution < 1.29 is 27.8 Å². The summed E-state index contributed by atoms with van der Waals surface area (Å²) in [5.41, 5.74) is -2.13. The van der Waals surface area contributed by atoms with Gasteiger partial charge in [0, 0.05) is 12.6 Å². The van der Waals surface area contributed by atoms with Crippen LogP contribution in [0.3, 0.4) is 0 Å². The molecule has 0 fully saturated rings. The smallest absolute Gasteiger partial charge is 0.411 e. The maximum atomic E-state index is 12.6. The van der Waals surface area contributed by atoms with Crippen molar-refractivity contribution in [1.82, 2.24) is 4.90 Å². The van der Waals surface area contributed by atoms with Crippen LogP contribution < -0.4 is 4.74 Å². The van der Waals surface area contributed by atoms with E-state index in [2.05, 4.69) is 4.74 Å². The molecule has 0 radical (unpaired) electrons. The van der Waals surface area contributed by atoms with Crippen LogP contribution in [-0.4, -0.2) is 36.5 Å².